The number of aliphatic hydroxyl groups excluding tert-OH is 1. The number of pyridine rings is 1. The molecule has 19 nitrogen and oxygen atoms in total. The number of hydrogen-bond donors (Lipinski definition) is 11. The lowest BCUT2D eigenvalue weighted by Crippen LogP contribution is -2.76. The maximum Gasteiger partial charge on any atom is 0.302 e. The molecule has 3 aromatic heterocycles. The van der Waals surface area contributed by atoms with Crippen molar-refractivity contribution in [1.82, 2.24) is 41.1 Å². The number of phenolic OH excluding ortho intramolecular Hbond substituents is 3. The first-order valence-electron chi connectivity index (χ1n) is 36.5. The summed E-state index contributed by atoms with van der Waals surface area (Å²) in [5.41, 5.74) is 13.2. The van der Waals surface area contributed by atoms with Gasteiger partial charge in [-0.3, -0.25) is 20.1 Å². The van der Waals surface area contributed by atoms with E-state index in [0.29, 0.717) is 87.0 Å². The van der Waals surface area contributed by atoms with Crippen LogP contribution < -0.4 is 41.8 Å². The number of aromatic hydroxyl groups is 3. The number of benzene rings is 3. The Morgan fingerprint density at radius 3 is 2.74 bits per heavy atom. The Hall–Kier alpha value is -8.59. The van der Waals surface area contributed by atoms with Crippen LogP contribution in [0.1, 0.15) is 155 Å². The molecule has 9 bridgehead atoms. The molecule has 17 rings (SSSR count). The SMILES string of the molecule is CCN[C@@H]1c2c3cccc2[C@H]2CC[C@@](CC4=CCNC(N)=C4)(CN=C4N[C@H](n5cc6cc[nH]c6c5)[C@@H]5[C@@H](O)N[C@H]6CCCC[C@H]6C#CC[C@]67Cc8ccc(O)c(c8)O[C@H]8C[C@@H](C3)C[C@@]5(N4)[C@H]8C#C[C@@H]6CC[C@H]3[C@@H](OC(C)=O)C[C@@H](c4cc(O)c(O)c(OCCc5cccnc5)c4)O[C@H]37)[C@H]21. The number of hydrogen-bond acceptors (Lipinski definition) is 17. The summed E-state index contributed by atoms with van der Waals surface area (Å²) in [5.74, 6) is 15.2. The zero-order chi connectivity index (χ0) is 67.3. The van der Waals surface area contributed by atoms with E-state index in [-0.39, 0.29) is 83.1 Å². The molecule has 0 amide bonds. The Morgan fingerprint density at radius 1 is 0.970 bits per heavy atom. The van der Waals surface area contributed by atoms with Gasteiger partial charge in [-0.15, -0.1) is 5.92 Å². The van der Waals surface area contributed by atoms with Gasteiger partial charge in [-0.05, 0) is 182 Å². The minimum absolute atomic E-state index is 0.0101. The quantitative estimate of drug-likeness (QED) is 0.0327. The number of aliphatic hydroxyl groups is 1. The summed E-state index contributed by atoms with van der Waals surface area (Å²) in [4.78, 5) is 27.3. The second-order valence-electron chi connectivity index (χ2n) is 30.7. The van der Waals surface area contributed by atoms with Crippen LogP contribution in [0.25, 0.3) is 10.9 Å². The van der Waals surface area contributed by atoms with Gasteiger partial charge in [-0.1, -0.05) is 73.9 Å². The number of carbonyl (C=O) groups is 1. The molecule has 11 aliphatic rings. The molecule has 99 heavy (non-hydrogen) atoms. The third-order valence-corrected chi connectivity index (χ3v) is 25.1. The average molecular weight is 1340 g/mol. The maximum atomic E-state index is 14.1. The summed E-state index contributed by atoms with van der Waals surface area (Å²) in [7, 11) is 0. The molecule has 516 valence electrons. The molecule has 6 aliphatic heterocycles. The van der Waals surface area contributed by atoms with Gasteiger partial charge in [-0.25, -0.2) is 0 Å². The van der Waals surface area contributed by atoms with Gasteiger partial charge in [0.05, 0.1) is 47.5 Å². The molecule has 0 unspecified atom stereocenters. The van der Waals surface area contributed by atoms with Crippen LogP contribution in [0.4, 0.5) is 0 Å². The summed E-state index contributed by atoms with van der Waals surface area (Å²) in [6.07, 6.45) is 21.2. The Kier molecular flexibility index (Phi) is 16.5. The number of aliphatic imine (C=N–C) groups is 1. The molecule has 1 spiro atoms. The topological polar surface area (TPSA) is 267 Å². The van der Waals surface area contributed by atoms with Gasteiger partial charge in [-0.2, -0.15) is 0 Å². The molecule has 3 aromatic carbocycles. The van der Waals surface area contributed by atoms with Crippen molar-refractivity contribution in [2.24, 2.45) is 63.0 Å². The lowest BCUT2D eigenvalue weighted by atomic mass is 9.55. The molecule has 9 heterocycles. The predicted octanol–water partition coefficient (Wildman–Crippen LogP) is 10.0. The predicted molar refractivity (Wildman–Crippen MR) is 375 cm³/mol. The summed E-state index contributed by atoms with van der Waals surface area (Å²) in [6, 6.07) is 21.9. The monoisotopic (exact) mass is 1340 g/mol. The van der Waals surface area contributed by atoms with E-state index in [0.717, 1.165) is 79.9 Å². The standard InChI is InChI=1S/C80H92N10O9/c1-3-83-72-69-51-11-6-13-55(69)56-21-26-78(70(56)72,38-48-22-28-85-68(81)34-48)44-86-77-88-75(90-42-52-23-29-84-60(52)43-90)71-76(95)87-59-14-5-4-10-50(59)12-7-25-79-39-47-15-20-61(92)66(32-47)98-65-33-49(31-51)40-80(71,89-77)58(65)19-17-54(79)16-18-57-64(97-45(2)91)37-63(99-74(57)79)53-35-62(93)73(94)67(36-53)96-30-24-46-9-8-27-82-41-46/h6,8-9,11,13,15,20,22-23,27,29,32,34-36,41-43,49-50,54,56-59,63-65,70-72,74-76,83-85,87,92-95H,3-5,10,14,16,18,21,24-26,28,30-31,33,37-40,44,81H2,1-2H3,(H2,86,88,89)/t49-,50+,54+,56-,57+,58+,59+,63+,64+,65+,70-,71-,72-,74-,75-,76-,78-,79+,80-/m1/s1. The zero-order valence-electron chi connectivity index (χ0n) is 56.5. The highest BCUT2D eigenvalue weighted by Crippen LogP contribution is 2.66. The fourth-order valence-corrected chi connectivity index (χ4v) is 21.0. The van der Waals surface area contributed by atoms with E-state index in [4.69, 9.17) is 29.7 Å². The third-order valence-electron chi connectivity index (χ3n) is 25.1. The van der Waals surface area contributed by atoms with Crippen molar-refractivity contribution in [1.29, 1.82) is 0 Å². The molecule has 6 aromatic rings. The van der Waals surface area contributed by atoms with Crippen LogP contribution in [-0.4, -0.2) is 109 Å². The number of carbonyl (C=O) groups excluding carboxylic acids is 1. The first-order valence-corrected chi connectivity index (χ1v) is 36.5. The molecule has 2 saturated heterocycles. The Balaban J connectivity index is 0.867. The molecule has 0 radical (unpaired) electrons. The lowest BCUT2D eigenvalue weighted by molar-refractivity contribution is -0.219. The second kappa shape index (κ2) is 25.5. The smallest absolute Gasteiger partial charge is 0.302 e. The number of rotatable bonds is 11. The second-order valence-corrected chi connectivity index (χ2v) is 30.7. The molecule has 19 atom stereocenters. The highest BCUT2D eigenvalue weighted by atomic mass is 16.6. The van der Waals surface area contributed by atoms with Gasteiger partial charge in [0.2, 0.25) is 5.75 Å². The molecule has 19 heteroatoms. The van der Waals surface area contributed by atoms with E-state index < -0.39 is 65.6 Å². The van der Waals surface area contributed by atoms with Crippen LogP contribution in [0.2, 0.25) is 0 Å². The van der Waals surface area contributed by atoms with E-state index in [1.165, 1.54) is 35.3 Å². The Morgan fingerprint density at radius 2 is 1.88 bits per heavy atom. The van der Waals surface area contributed by atoms with Crippen LogP contribution in [0, 0.1) is 75.9 Å². The first kappa shape index (κ1) is 63.8. The van der Waals surface area contributed by atoms with Crippen LogP contribution in [-0.2, 0) is 33.5 Å². The van der Waals surface area contributed by atoms with E-state index >= 15 is 0 Å². The zero-order valence-corrected chi connectivity index (χ0v) is 56.5. The minimum atomic E-state index is -1.11. The number of fused-ring (bicyclic) bond motifs is 8. The first-order chi connectivity index (χ1) is 48.2. The van der Waals surface area contributed by atoms with Gasteiger partial charge < -0.3 is 75.9 Å². The van der Waals surface area contributed by atoms with Crippen molar-refractivity contribution >= 4 is 22.8 Å². The largest absolute Gasteiger partial charge is 0.504 e. The van der Waals surface area contributed by atoms with Crippen molar-refractivity contribution in [3.05, 3.63) is 155 Å². The summed E-state index contributed by atoms with van der Waals surface area (Å²) >= 11 is 0. The minimum Gasteiger partial charge on any atom is -0.504 e. The van der Waals surface area contributed by atoms with Crippen LogP contribution in [0.15, 0.2) is 126 Å². The van der Waals surface area contributed by atoms with E-state index in [9.17, 15) is 25.2 Å². The number of allylic oxidation sites excluding steroid dienone is 2. The van der Waals surface area contributed by atoms with Gasteiger partial charge in [0, 0.05) is 111 Å². The number of guanidine groups is 1. The van der Waals surface area contributed by atoms with Crippen molar-refractivity contribution in [3.8, 4) is 52.4 Å². The lowest BCUT2D eigenvalue weighted by Gasteiger charge is -2.59. The average Bonchev–Trinajstić information content (AvgIpc) is 1.68. The highest BCUT2D eigenvalue weighted by molar-refractivity contribution is 5.83. The molecule has 5 aliphatic carbocycles. The van der Waals surface area contributed by atoms with Crippen LogP contribution in [0.3, 0.4) is 0 Å². The number of nitrogens with one attached hydrogen (secondary N) is 6. The number of phenols is 3. The van der Waals surface area contributed by atoms with Crippen molar-refractivity contribution in [2.45, 2.75) is 177 Å². The maximum absolute atomic E-state index is 14.1. The van der Waals surface area contributed by atoms with Crippen molar-refractivity contribution < 1.29 is 44.2 Å². The summed E-state index contributed by atoms with van der Waals surface area (Å²) < 4.78 is 30.4. The van der Waals surface area contributed by atoms with E-state index in [1.54, 1.807) is 24.5 Å². The number of esters is 1. The van der Waals surface area contributed by atoms with Gasteiger partial charge in [0.1, 0.15) is 24.6 Å². The fourth-order valence-electron chi connectivity index (χ4n) is 21.0. The number of nitrogens with zero attached hydrogens (tertiary/aromatic N) is 3. The van der Waals surface area contributed by atoms with Gasteiger partial charge in [0.25, 0.3) is 0 Å². The van der Waals surface area contributed by atoms with Gasteiger partial charge in [0.15, 0.2) is 29.0 Å². The van der Waals surface area contributed by atoms with Crippen LogP contribution >= 0.6 is 0 Å². The molecular formula is C80H92N10O9. The highest BCUT2D eigenvalue weighted by Gasteiger charge is 2.64. The summed E-state index contributed by atoms with van der Waals surface area (Å²) in [6.45, 7) is 5.89. The molecular weight excluding hydrogens is 1240 g/mol. The van der Waals surface area contributed by atoms with E-state index in [1.807, 2.05) is 30.5 Å². The number of aromatic amines is 1. The molecule has 4 saturated carbocycles. The number of ether oxygens (including phenoxy) is 4. The van der Waals surface area contributed by atoms with E-state index in [2.05, 4.69) is 121 Å². The van der Waals surface area contributed by atoms with Gasteiger partial charge >= 0.3 is 5.97 Å². The van der Waals surface area contributed by atoms with Crippen LogP contribution in [0.5, 0.6) is 28.7 Å². The number of aromatic nitrogens is 3. The third kappa shape index (κ3) is 11.3. The molecule has 12 N–H and O–H groups in total. The summed E-state index contributed by atoms with van der Waals surface area (Å²) in [5, 5.41) is 70.4. The van der Waals surface area contributed by atoms with Crippen molar-refractivity contribution in [3.63, 3.8) is 0 Å². The Labute approximate surface area is 578 Å². The Bertz CT molecular complexity index is 4300. The molecule has 6 fully saturated rings. The number of nitrogens with two attached hydrogens (primary N) is 1. The van der Waals surface area contributed by atoms with Crippen molar-refractivity contribution in [2.75, 3.05) is 26.2 Å². The fraction of sp³-hybridized carbons (Fsp3) is 0.512. The normalized spacial score (nSPS) is 35.3. The number of dihydropyridines is 1. The number of H-pyrrole nitrogens is 1.